The third-order valence-electron chi connectivity index (χ3n) is 3.38. The lowest BCUT2D eigenvalue weighted by Crippen LogP contribution is -2.23. The third kappa shape index (κ3) is 4.31. The number of nitrogens with zero attached hydrogens (tertiary/aromatic N) is 2. The summed E-state index contributed by atoms with van der Waals surface area (Å²) in [5, 5.41) is 3.43. The van der Waals surface area contributed by atoms with Crippen LogP contribution in [0.3, 0.4) is 0 Å². The SMILES string of the molecule is CC(Nc1ccc(CC(=O)N(C)C)cc1)c1cccnc1. The molecule has 1 aromatic carbocycles. The maximum Gasteiger partial charge on any atom is 0.226 e. The van der Waals surface area contributed by atoms with E-state index in [0.29, 0.717) is 6.42 Å². The predicted molar refractivity (Wildman–Crippen MR) is 85.1 cm³/mol. The molecule has 4 nitrogen and oxygen atoms in total. The van der Waals surface area contributed by atoms with Crippen molar-refractivity contribution in [1.82, 2.24) is 9.88 Å². The van der Waals surface area contributed by atoms with Crippen molar-refractivity contribution in [3.8, 4) is 0 Å². The van der Waals surface area contributed by atoms with Gasteiger partial charge in [-0.1, -0.05) is 18.2 Å². The van der Waals surface area contributed by atoms with Gasteiger partial charge >= 0.3 is 0 Å². The molecule has 110 valence electrons. The first-order valence-electron chi connectivity index (χ1n) is 7.02. The van der Waals surface area contributed by atoms with E-state index in [1.165, 1.54) is 0 Å². The number of aromatic nitrogens is 1. The van der Waals surface area contributed by atoms with Gasteiger partial charge in [-0.25, -0.2) is 0 Å². The van der Waals surface area contributed by atoms with Crippen LogP contribution in [0, 0.1) is 0 Å². The Hall–Kier alpha value is -2.36. The number of benzene rings is 1. The maximum atomic E-state index is 11.7. The zero-order valence-corrected chi connectivity index (χ0v) is 12.7. The zero-order valence-electron chi connectivity index (χ0n) is 12.7. The minimum absolute atomic E-state index is 0.111. The molecule has 0 aliphatic heterocycles. The lowest BCUT2D eigenvalue weighted by Gasteiger charge is -2.16. The Bertz CT molecular complexity index is 579. The topological polar surface area (TPSA) is 45.2 Å². The molecule has 1 heterocycles. The number of pyridine rings is 1. The van der Waals surface area contributed by atoms with Crippen LogP contribution in [0.1, 0.15) is 24.1 Å². The number of amides is 1. The number of carbonyl (C=O) groups is 1. The van der Waals surface area contributed by atoms with Crippen molar-refractivity contribution in [3.63, 3.8) is 0 Å². The van der Waals surface area contributed by atoms with E-state index in [1.807, 2.05) is 36.5 Å². The van der Waals surface area contributed by atoms with E-state index in [0.717, 1.165) is 16.8 Å². The fraction of sp³-hybridized carbons (Fsp3) is 0.294. The standard InChI is InChI=1S/C17H21N3O/c1-13(15-5-4-10-18-12-15)19-16-8-6-14(7-9-16)11-17(21)20(2)3/h4-10,12-13,19H,11H2,1-3H3. The van der Waals surface area contributed by atoms with E-state index in [2.05, 4.69) is 23.3 Å². The molecule has 1 aromatic heterocycles. The second-order valence-electron chi connectivity index (χ2n) is 5.31. The first kappa shape index (κ1) is 15.0. The van der Waals surface area contributed by atoms with Crippen molar-refractivity contribution in [1.29, 1.82) is 0 Å². The summed E-state index contributed by atoms with van der Waals surface area (Å²) in [6.45, 7) is 2.10. The van der Waals surface area contributed by atoms with Gasteiger partial charge in [-0.2, -0.15) is 0 Å². The Kier molecular flexibility index (Phi) is 4.93. The van der Waals surface area contributed by atoms with Crippen LogP contribution < -0.4 is 5.32 Å². The molecule has 1 N–H and O–H groups in total. The lowest BCUT2D eigenvalue weighted by molar-refractivity contribution is -0.127. The van der Waals surface area contributed by atoms with Crippen LogP contribution in [0.25, 0.3) is 0 Å². The van der Waals surface area contributed by atoms with E-state index in [1.54, 1.807) is 25.2 Å². The number of rotatable bonds is 5. The van der Waals surface area contributed by atoms with Crippen LogP contribution in [0.15, 0.2) is 48.8 Å². The fourth-order valence-corrected chi connectivity index (χ4v) is 2.02. The molecule has 0 aliphatic carbocycles. The van der Waals surface area contributed by atoms with Gasteiger partial charge in [-0.15, -0.1) is 0 Å². The molecule has 1 atom stereocenters. The Morgan fingerprint density at radius 2 is 1.95 bits per heavy atom. The summed E-state index contributed by atoms with van der Waals surface area (Å²) in [5.74, 6) is 0.111. The van der Waals surface area contributed by atoms with Crippen LogP contribution in [0.4, 0.5) is 5.69 Å². The first-order chi connectivity index (χ1) is 10.1. The molecule has 0 fully saturated rings. The monoisotopic (exact) mass is 283 g/mol. The summed E-state index contributed by atoms with van der Waals surface area (Å²) in [4.78, 5) is 17.4. The van der Waals surface area contributed by atoms with Crippen molar-refractivity contribution < 1.29 is 4.79 Å². The van der Waals surface area contributed by atoms with Crippen LogP contribution in [0.5, 0.6) is 0 Å². The smallest absolute Gasteiger partial charge is 0.226 e. The minimum Gasteiger partial charge on any atom is -0.378 e. The average Bonchev–Trinajstić information content (AvgIpc) is 2.50. The van der Waals surface area contributed by atoms with Crippen LogP contribution in [0.2, 0.25) is 0 Å². The van der Waals surface area contributed by atoms with Crippen molar-refractivity contribution >= 4 is 11.6 Å². The quantitative estimate of drug-likeness (QED) is 0.917. The molecule has 0 saturated carbocycles. The highest BCUT2D eigenvalue weighted by molar-refractivity contribution is 5.78. The summed E-state index contributed by atoms with van der Waals surface area (Å²) in [6, 6.07) is 12.2. The summed E-state index contributed by atoms with van der Waals surface area (Å²) in [7, 11) is 3.54. The van der Waals surface area contributed by atoms with Crippen molar-refractivity contribution in [3.05, 3.63) is 59.9 Å². The number of anilines is 1. The highest BCUT2D eigenvalue weighted by Crippen LogP contribution is 2.19. The Balaban J connectivity index is 1.98. The Morgan fingerprint density at radius 1 is 1.24 bits per heavy atom. The molecule has 0 radical (unpaired) electrons. The molecule has 0 aliphatic rings. The van der Waals surface area contributed by atoms with Gasteiger partial charge in [0.2, 0.25) is 5.91 Å². The van der Waals surface area contributed by atoms with Gasteiger partial charge in [0.1, 0.15) is 0 Å². The van der Waals surface area contributed by atoms with Crippen molar-refractivity contribution in [2.24, 2.45) is 0 Å². The molecule has 2 aromatic rings. The van der Waals surface area contributed by atoms with Gasteiger partial charge in [-0.05, 0) is 36.2 Å². The van der Waals surface area contributed by atoms with E-state index >= 15 is 0 Å². The van der Waals surface area contributed by atoms with Crippen LogP contribution in [-0.4, -0.2) is 29.9 Å². The van der Waals surface area contributed by atoms with Gasteiger partial charge in [0.15, 0.2) is 0 Å². The van der Waals surface area contributed by atoms with Gasteiger partial charge in [0.25, 0.3) is 0 Å². The molecular formula is C17H21N3O. The normalized spacial score (nSPS) is 11.8. The molecular weight excluding hydrogens is 262 g/mol. The van der Waals surface area contributed by atoms with Gasteiger partial charge in [-0.3, -0.25) is 9.78 Å². The maximum absolute atomic E-state index is 11.7. The summed E-state index contributed by atoms with van der Waals surface area (Å²) < 4.78 is 0. The minimum atomic E-state index is 0.111. The van der Waals surface area contributed by atoms with Gasteiger partial charge < -0.3 is 10.2 Å². The second-order valence-corrected chi connectivity index (χ2v) is 5.31. The summed E-state index contributed by atoms with van der Waals surface area (Å²) in [5.41, 5.74) is 3.20. The molecule has 2 rings (SSSR count). The van der Waals surface area contributed by atoms with E-state index in [4.69, 9.17) is 0 Å². The number of hydrogen-bond acceptors (Lipinski definition) is 3. The number of hydrogen-bond donors (Lipinski definition) is 1. The second kappa shape index (κ2) is 6.88. The van der Waals surface area contributed by atoms with E-state index in [-0.39, 0.29) is 11.9 Å². The molecule has 0 spiro atoms. The fourth-order valence-electron chi connectivity index (χ4n) is 2.02. The van der Waals surface area contributed by atoms with Gasteiger partial charge in [0, 0.05) is 32.2 Å². The van der Waals surface area contributed by atoms with Crippen molar-refractivity contribution in [2.45, 2.75) is 19.4 Å². The van der Waals surface area contributed by atoms with Crippen LogP contribution in [-0.2, 0) is 11.2 Å². The lowest BCUT2D eigenvalue weighted by atomic mass is 10.1. The summed E-state index contributed by atoms with van der Waals surface area (Å²) >= 11 is 0. The average molecular weight is 283 g/mol. The molecule has 0 bridgehead atoms. The third-order valence-corrected chi connectivity index (χ3v) is 3.38. The van der Waals surface area contributed by atoms with E-state index < -0.39 is 0 Å². The largest absolute Gasteiger partial charge is 0.378 e. The van der Waals surface area contributed by atoms with E-state index in [9.17, 15) is 4.79 Å². The molecule has 21 heavy (non-hydrogen) atoms. The highest BCUT2D eigenvalue weighted by Gasteiger charge is 2.07. The molecule has 1 unspecified atom stereocenters. The first-order valence-corrected chi connectivity index (χ1v) is 7.02. The zero-order chi connectivity index (χ0) is 15.2. The molecule has 0 saturated heterocycles. The van der Waals surface area contributed by atoms with Gasteiger partial charge in [0.05, 0.1) is 12.5 Å². The Labute approximate surface area is 125 Å². The van der Waals surface area contributed by atoms with Crippen molar-refractivity contribution in [2.75, 3.05) is 19.4 Å². The Morgan fingerprint density at radius 3 is 2.52 bits per heavy atom. The molecule has 4 heteroatoms. The van der Waals surface area contributed by atoms with Crippen LogP contribution >= 0.6 is 0 Å². The predicted octanol–water partition coefficient (Wildman–Crippen LogP) is 2.89. The molecule has 1 amide bonds. The highest BCUT2D eigenvalue weighted by atomic mass is 16.2. The number of likely N-dealkylation sites (N-methyl/N-ethyl adjacent to an activating group) is 1. The number of carbonyl (C=O) groups excluding carboxylic acids is 1. The number of nitrogens with one attached hydrogen (secondary N) is 1. The summed E-state index contributed by atoms with van der Waals surface area (Å²) in [6.07, 6.45) is 4.07.